The summed E-state index contributed by atoms with van der Waals surface area (Å²) < 4.78 is 5.30. The van der Waals surface area contributed by atoms with E-state index in [2.05, 4.69) is 17.1 Å². The highest BCUT2D eigenvalue weighted by molar-refractivity contribution is 7.80. The van der Waals surface area contributed by atoms with Gasteiger partial charge in [-0.05, 0) is 51.2 Å². The predicted octanol–water partition coefficient (Wildman–Crippen LogP) is 2.41. The Bertz CT molecular complexity index is 219. The minimum Gasteiger partial charge on any atom is -0.382 e. The van der Waals surface area contributed by atoms with Crippen LogP contribution in [0, 0.1) is 5.92 Å². The molecule has 0 aromatic carbocycles. The first kappa shape index (κ1) is 14.7. The third-order valence-electron chi connectivity index (χ3n) is 3.32. The van der Waals surface area contributed by atoms with Gasteiger partial charge in [-0.25, -0.2) is 0 Å². The number of nitrogens with one attached hydrogen (secondary N) is 1. The number of hydrogen-bond acceptors (Lipinski definition) is 2. The first-order valence-corrected chi connectivity index (χ1v) is 7.29. The molecule has 1 rings (SSSR count). The van der Waals surface area contributed by atoms with Crippen LogP contribution in [0.3, 0.4) is 0 Å². The normalized spacial score (nSPS) is 15.4. The molecule has 1 aliphatic rings. The third kappa shape index (κ3) is 5.68. The summed E-state index contributed by atoms with van der Waals surface area (Å²) >= 11 is 5.42. The van der Waals surface area contributed by atoms with Crippen molar-refractivity contribution in [1.29, 1.82) is 0 Å². The van der Waals surface area contributed by atoms with Gasteiger partial charge in [0.25, 0.3) is 0 Å². The number of ether oxygens (including phenoxy) is 1. The molecule has 0 heterocycles. The highest BCUT2D eigenvalue weighted by Crippen LogP contribution is 2.26. The van der Waals surface area contributed by atoms with Crippen LogP contribution in [0.25, 0.3) is 0 Å². The van der Waals surface area contributed by atoms with Gasteiger partial charge in [-0.15, -0.1) is 0 Å². The van der Waals surface area contributed by atoms with Crippen molar-refractivity contribution < 1.29 is 4.74 Å². The van der Waals surface area contributed by atoms with E-state index in [0.29, 0.717) is 0 Å². The molecule has 1 aliphatic carbocycles. The van der Waals surface area contributed by atoms with Crippen LogP contribution in [0.2, 0.25) is 0 Å². The molecule has 1 N–H and O–H groups in total. The zero-order chi connectivity index (χ0) is 12.5. The highest BCUT2D eigenvalue weighted by atomic mass is 32.1. The van der Waals surface area contributed by atoms with E-state index in [1.54, 1.807) is 0 Å². The Kier molecular flexibility index (Phi) is 7.53. The molecule has 0 aromatic rings. The lowest BCUT2D eigenvalue weighted by Crippen LogP contribution is -2.43. The van der Waals surface area contributed by atoms with Crippen LogP contribution in [-0.4, -0.2) is 42.9 Å². The molecule has 4 heteroatoms. The Morgan fingerprint density at radius 1 is 1.41 bits per heavy atom. The summed E-state index contributed by atoms with van der Waals surface area (Å²) in [5, 5.41) is 4.24. The number of hydrogen-bond donors (Lipinski definition) is 1. The van der Waals surface area contributed by atoms with Crippen molar-refractivity contribution in [2.24, 2.45) is 5.92 Å². The van der Waals surface area contributed by atoms with E-state index in [1.165, 1.54) is 19.3 Å². The molecular formula is C13H26N2OS. The van der Waals surface area contributed by atoms with E-state index in [-0.39, 0.29) is 0 Å². The maximum absolute atomic E-state index is 5.42. The Labute approximate surface area is 111 Å². The Morgan fingerprint density at radius 2 is 2.18 bits per heavy atom. The summed E-state index contributed by atoms with van der Waals surface area (Å²) in [6.45, 7) is 8.87. The molecule has 17 heavy (non-hydrogen) atoms. The molecular weight excluding hydrogens is 232 g/mol. The monoisotopic (exact) mass is 258 g/mol. The van der Waals surface area contributed by atoms with Gasteiger partial charge in [0.1, 0.15) is 0 Å². The third-order valence-corrected chi connectivity index (χ3v) is 3.72. The number of nitrogens with zero attached hydrogens (tertiary/aromatic N) is 1. The van der Waals surface area contributed by atoms with E-state index in [1.807, 2.05) is 6.92 Å². The fraction of sp³-hybridized carbons (Fsp3) is 0.923. The summed E-state index contributed by atoms with van der Waals surface area (Å²) in [5.74, 6) is 0.873. The molecule has 0 bridgehead atoms. The zero-order valence-electron chi connectivity index (χ0n) is 11.2. The molecule has 0 amide bonds. The molecule has 0 radical (unpaired) electrons. The van der Waals surface area contributed by atoms with Crippen molar-refractivity contribution in [3.05, 3.63) is 0 Å². The lowest BCUT2D eigenvalue weighted by Gasteiger charge is -2.33. The van der Waals surface area contributed by atoms with Gasteiger partial charge in [0.2, 0.25) is 0 Å². The van der Waals surface area contributed by atoms with Crippen LogP contribution in [0.15, 0.2) is 0 Å². The van der Waals surface area contributed by atoms with Crippen molar-refractivity contribution in [2.45, 2.75) is 39.5 Å². The predicted molar refractivity (Wildman–Crippen MR) is 76.3 cm³/mol. The molecule has 0 atom stereocenters. The lowest BCUT2D eigenvalue weighted by atomic mass is 9.85. The minimum absolute atomic E-state index is 0.799. The van der Waals surface area contributed by atoms with Gasteiger partial charge in [0.15, 0.2) is 5.11 Å². The maximum Gasteiger partial charge on any atom is 0.168 e. The molecule has 0 unspecified atom stereocenters. The summed E-state index contributed by atoms with van der Waals surface area (Å²) in [6, 6.07) is 0. The highest BCUT2D eigenvalue weighted by Gasteiger charge is 2.20. The maximum atomic E-state index is 5.42. The summed E-state index contributed by atoms with van der Waals surface area (Å²) in [5.41, 5.74) is 0. The Balaban J connectivity index is 2.10. The van der Waals surface area contributed by atoms with E-state index in [9.17, 15) is 0 Å². The molecule has 0 saturated heterocycles. The second kappa shape index (κ2) is 8.70. The van der Waals surface area contributed by atoms with Crippen LogP contribution < -0.4 is 5.32 Å². The standard InChI is InChI=1S/C13H26N2OS/c1-3-15(11-12-7-5-8-12)13(17)14-9-6-10-16-4-2/h12H,3-11H2,1-2H3,(H,14,17). The van der Waals surface area contributed by atoms with Gasteiger partial charge in [-0.1, -0.05) is 6.42 Å². The first-order chi connectivity index (χ1) is 8.27. The lowest BCUT2D eigenvalue weighted by molar-refractivity contribution is 0.145. The largest absolute Gasteiger partial charge is 0.382 e. The van der Waals surface area contributed by atoms with E-state index in [4.69, 9.17) is 17.0 Å². The molecule has 0 spiro atoms. The van der Waals surface area contributed by atoms with Crippen molar-refractivity contribution in [2.75, 3.05) is 32.8 Å². The van der Waals surface area contributed by atoms with Crippen molar-refractivity contribution in [3.8, 4) is 0 Å². The number of thiocarbonyl (C=S) groups is 1. The van der Waals surface area contributed by atoms with Crippen LogP contribution >= 0.6 is 12.2 Å². The van der Waals surface area contributed by atoms with Crippen LogP contribution in [0.5, 0.6) is 0 Å². The van der Waals surface area contributed by atoms with Gasteiger partial charge >= 0.3 is 0 Å². The molecule has 0 aliphatic heterocycles. The van der Waals surface area contributed by atoms with Crippen molar-refractivity contribution >= 4 is 17.3 Å². The molecule has 1 fully saturated rings. The molecule has 0 aromatic heterocycles. The van der Waals surface area contributed by atoms with E-state index in [0.717, 1.165) is 50.3 Å². The SMILES string of the molecule is CCOCCCNC(=S)N(CC)CC1CCC1. The topological polar surface area (TPSA) is 24.5 Å². The van der Waals surface area contributed by atoms with Gasteiger partial charge in [0, 0.05) is 32.8 Å². The zero-order valence-corrected chi connectivity index (χ0v) is 12.0. The Hall–Kier alpha value is -0.350. The van der Waals surface area contributed by atoms with Gasteiger partial charge in [-0.3, -0.25) is 0 Å². The van der Waals surface area contributed by atoms with E-state index >= 15 is 0 Å². The van der Waals surface area contributed by atoms with Crippen molar-refractivity contribution in [3.63, 3.8) is 0 Å². The molecule has 1 saturated carbocycles. The minimum atomic E-state index is 0.799. The van der Waals surface area contributed by atoms with Crippen LogP contribution in [-0.2, 0) is 4.74 Å². The second-order valence-corrected chi connectivity index (χ2v) is 5.00. The average Bonchev–Trinajstić information content (AvgIpc) is 2.27. The second-order valence-electron chi connectivity index (χ2n) is 4.62. The van der Waals surface area contributed by atoms with Gasteiger partial charge in [-0.2, -0.15) is 0 Å². The molecule has 3 nitrogen and oxygen atoms in total. The summed E-state index contributed by atoms with van der Waals surface area (Å²) in [4.78, 5) is 2.29. The fourth-order valence-corrected chi connectivity index (χ4v) is 2.27. The fourth-order valence-electron chi connectivity index (χ4n) is 1.97. The average molecular weight is 258 g/mol. The first-order valence-electron chi connectivity index (χ1n) is 6.88. The van der Waals surface area contributed by atoms with Crippen LogP contribution in [0.1, 0.15) is 39.5 Å². The molecule has 100 valence electrons. The van der Waals surface area contributed by atoms with Crippen molar-refractivity contribution in [1.82, 2.24) is 10.2 Å². The number of rotatable bonds is 8. The quantitative estimate of drug-likeness (QED) is 0.534. The van der Waals surface area contributed by atoms with Gasteiger partial charge < -0.3 is 15.0 Å². The smallest absolute Gasteiger partial charge is 0.168 e. The van der Waals surface area contributed by atoms with Gasteiger partial charge in [0.05, 0.1) is 0 Å². The van der Waals surface area contributed by atoms with E-state index < -0.39 is 0 Å². The van der Waals surface area contributed by atoms with Crippen LogP contribution in [0.4, 0.5) is 0 Å². The summed E-state index contributed by atoms with van der Waals surface area (Å²) in [7, 11) is 0. The Morgan fingerprint density at radius 3 is 2.71 bits per heavy atom. The summed E-state index contributed by atoms with van der Waals surface area (Å²) in [6.07, 6.45) is 5.18.